The van der Waals surface area contributed by atoms with Crippen molar-refractivity contribution in [3.63, 3.8) is 0 Å². The van der Waals surface area contributed by atoms with E-state index in [4.69, 9.17) is 0 Å². The number of carbonyl (C=O) groups is 1. The van der Waals surface area contributed by atoms with E-state index >= 15 is 0 Å². The Morgan fingerprint density at radius 3 is 2.62 bits per heavy atom. The van der Waals surface area contributed by atoms with Gasteiger partial charge in [0.1, 0.15) is 5.82 Å². The maximum atomic E-state index is 13.4. The number of amides is 1. The van der Waals surface area contributed by atoms with E-state index in [0.29, 0.717) is 6.54 Å². The Kier molecular flexibility index (Phi) is 4.67. The van der Waals surface area contributed by atoms with Gasteiger partial charge in [0.05, 0.1) is 6.04 Å². The van der Waals surface area contributed by atoms with Gasteiger partial charge < -0.3 is 4.90 Å². The van der Waals surface area contributed by atoms with Crippen molar-refractivity contribution in [3.05, 3.63) is 99.5 Å². The third-order valence-electron chi connectivity index (χ3n) is 4.65. The van der Waals surface area contributed by atoms with Crippen molar-refractivity contribution >= 4 is 23.3 Å². The third-order valence-corrected chi connectivity index (χ3v) is 5.65. The fourth-order valence-electron chi connectivity index (χ4n) is 3.39. The second-order valence-electron chi connectivity index (χ2n) is 6.28. The Bertz CT molecular complexity index is 930. The van der Waals surface area contributed by atoms with Crippen molar-refractivity contribution in [2.45, 2.75) is 12.5 Å². The first-order valence-corrected chi connectivity index (χ1v) is 9.46. The summed E-state index contributed by atoms with van der Waals surface area (Å²) in [5.41, 5.74) is 3.08. The lowest BCUT2D eigenvalue weighted by Gasteiger charge is -2.35. The summed E-state index contributed by atoms with van der Waals surface area (Å²) in [6.45, 7) is 0.660. The number of rotatable bonds is 3. The quantitative estimate of drug-likeness (QED) is 0.595. The van der Waals surface area contributed by atoms with Crippen LogP contribution in [0.2, 0.25) is 0 Å². The average molecular weight is 363 g/mol. The summed E-state index contributed by atoms with van der Waals surface area (Å²) < 4.78 is 13.4. The summed E-state index contributed by atoms with van der Waals surface area (Å²) in [7, 11) is 0. The van der Waals surface area contributed by atoms with Crippen LogP contribution < -0.4 is 0 Å². The molecule has 1 atom stereocenters. The normalized spacial score (nSPS) is 16.7. The Morgan fingerprint density at radius 2 is 1.85 bits per heavy atom. The standard InChI is InChI=1S/C22H18FNOS/c23-18-9-7-17(8-10-18)22-19-13-15-26-20(19)12-14-24(22)21(25)11-6-16-4-2-1-3-5-16/h1-11,13,15,22H,12,14H2. The van der Waals surface area contributed by atoms with Gasteiger partial charge in [-0.25, -0.2) is 4.39 Å². The molecular formula is C22H18FNOS. The van der Waals surface area contributed by atoms with Crippen molar-refractivity contribution in [3.8, 4) is 0 Å². The molecule has 0 radical (unpaired) electrons. The summed E-state index contributed by atoms with van der Waals surface area (Å²) >= 11 is 1.72. The van der Waals surface area contributed by atoms with Gasteiger partial charge in [0.2, 0.25) is 5.91 Å². The number of halogens is 1. The minimum atomic E-state index is -0.267. The molecule has 4 heteroatoms. The fraction of sp³-hybridized carbons (Fsp3) is 0.136. The van der Waals surface area contributed by atoms with Crippen molar-refractivity contribution in [1.82, 2.24) is 4.90 Å². The molecule has 0 spiro atoms. The van der Waals surface area contributed by atoms with Crippen LogP contribution >= 0.6 is 11.3 Å². The molecule has 1 aromatic heterocycles. The fourth-order valence-corrected chi connectivity index (χ4v) is 4.29. The molecule has 0 saturated carbocycles. The van der Waals surface area contributed by atoms with E-state index in [9.17, 15) is 9.18 Å². The molecule has 0 N–H and O–H groups in total. The molecule has 1 aliphatic rings. The van der Waals surface area contributed by atoms with E-state index in [2.05, 4.69) is 11.4 Å². The van der Waals surface area contributed by atoms with Crippen molar-refractivity contribution in [2.75, 3.05) is 6.54 Å². The highest BCUT2D eigenvalue weighted by molar-refractivity contribution is 7.10. The van der Waals surface area contributed by atoms with E-state index in [1.54, 1.807) is 29.5 Å². The van der Waals surface area contributed by atoms with Crippen LogP contribution in [0.25, 0.3) is 6.08 Å². The second-order valence-corrected chi connectivity index (χ2v) is 7.28. The smallest absolute Gasteiger partial charge is 0.247 e. The molecule has 2 nitrogen and oxygen atoms in total. The van der Waals surface area contributed by atoms with Crippen LogP contribution in [-0.2, 0) is 11.2 Å². The molecule has 2 heterocycles. The highest BCUT2D eigenvalue weighted by Gasteiger charge is 2.31. The minimum absolute atomic E-state index is 0.0278. The Balaban J connectivity index is 1.66. The lowest BCUT2D eigenvalue weighted by molar-refractivity contribution is -0.127. The predicted octanol–water partition coefficient (Wildman–Crippen LogP) is 5.07. The van der Waals surface area contributed by atoms with Crippen LogP contribution in [0.1, 0.15) is 27.6 Å². The van der Waals surface area contributed by atoms with Gasteiger partial charge in [-0.3, -0.25) is 4.79 Å². The lowest BCUT2D eigenvalue weighted by atomic mass is 9.93. The van der Waals surface area contributed by atoms with E-state index in [-0.39, 0.29) is 17.8 Å². The van der Waals surface area contributed by atoms with Gasteiger partial charge in [0, 0.05) is 17.5 Å². The second kappa shape index (κ2) is 7.26. The Hall–Kier alpha value is -2.72. The van der Waals surface area contributed by atoms with E-state index in [0.717, 1.165) is 23.1 Å². The monoisotopic (exact) mass is 363 g/mol. The van der Waals surface area contributed by atoms with Crippen molar-refractivity contribution in [2.24, 2.45) is 0 Å². The molecule has 1 unspecified atom stereocenters. The molecule has 4 rings (SSSR count). The highest BCUT2D eigenvalue weighted by atomic mass is 32.1. The zero-order chi connectivity index (χ0) is 17.9. The molecule has 0 fully saturated rings. The minimum Gasteiger partial charge on any atom is -0.328 e. The first-order valence-electron chi connectivity index (χ1n) is 8.58. The molecule has 0 saturated heterocycles. The van der Waals surface area contributed by atoms with Crippen molar-refractivity contribution in [1.29, 1.82) is 0 Å². The van der Waals surface area contributed by atoms with Gasteiger partial charge in [-0.15, -0.1) is 11.3 Å². The van der Waals surface area contributed by atoms with Crippen LogP contribution in [0.3, 0.4) is 0 Å². The zero-order valence-corrected chi connectivity index (χ0v) is 15.0. The van der Waals surface area contributed by atoms with Gasteiger partial charge >= 0.3 is 0 Å². The van der Waals surface area contributed by atoms with Gasteiger partial charge in [0.25, 0.3) is 0 Å². The third kappa shape index (κ3) is 3.33. The molecule has 0 bridgehead atoms. The number of thiophene rings is 1. The highest BCUT2D eigenvalue weighted by Crippen LogP contribution is 2.37. The molecule has 2 aromatic carbocycles. The number of nitrogens with zero attached hydrogens (tertiary/aromatic N) is 1. The number of hydrogen-bond acceptors (Lipinski definition) is 2. The first kappa shape index (κ1) is 16.7. The molecule has 0 aliphatic carbocycles. The van der Waals surface area contributed by atoms with E-state index in [1.165, 1.54) is 17.0 Å². The largest absolute Gasteiger partial charge is 0.328 e. The predicted molar refractivity (Wildman–Crippen MR) is 103 cm³/mol. The van der Waals surface area contributed by atoms with Crippen LogP contribution in [0.4, 0.5) is 4.39 Å². The molecule has 130 valence electrons. The summed E-state index contributed by atoms with van der Waals surface area (Å²) in [6.07, 6.45) is 4.33. The summed E-state index contributed by atoms with van der Waals surface area (Å²) in [5.74, 6) is -0.294. The first-order chi connectivity index (χ1) is 12.7. The Morgan fingerprint density at radius 1 is 1.08 bits per heavy atom. The van der Waals surface area contributed by atoms with Crippen LogP contribution in [0.5, 0.6) is 0 Å². The van der Waals surface area contributed by atoms with E-state index in [1.807, 2.05) is 41.3 Å². The summed E-state index contributed by atoms with van der Waals surface area (Å²) in [4.78, 5) is 16.1. The van der Waals surface area contributed by atoms with Gasteiger partial charge in [0.15, 0.2) is 0 Å². The van der Waals surface area contributed by atoms with Gasteiger partial charge in [-0.1, -0.05) is 42.5 Å². The molecular weight excluding hydrogens is 345 g/mol. The van der Waals surface area contributed by atoms with Crippen LogP contribution in [0.15, 0.2) is 72.1 Å². The van der Waals surface area contributed by atoms with Crippen LogP contribution in [0, 0.1) is 5.82 Å². The lowest BCUT2D eigenvalue weighted by Crippen LogP contribution is -2.39. The summed E-state index contributed by atoms with van der Waals surface area (Å²) in [5, 5.41) is 2.06. The maximum Gasteiger partial charge on any atom is 0.247 e. The number of hydrogen-bond donors (Lipinski definition) is 0. The molecule has 1 amide bonds. The number of fused-ring (bicyclic) bond motifs is 1. The topological polar surface area (TPSA) is 20.3 Å². The molecule has 1 aliphatic heterocycles. The van der Waals surface area contributed by atoms with E-state index < -0.39 is 0 Å². The maximum absolute atomic E-state index is 13.4. The number of carbonyl (C=O) groups excluding carboxylic acids is 1. The molecule has 26 heavy (non-hydrogen) atoms. The van der Waals surface area contributed by atoms with Crippen LogP contribution in [-0.4, -0.2) is 17.4 Å². The molecule has 3 aromatic rings. The Labute approximate surface area is 156 Å². The summed E-state index contributed by atoms with van der Waals surface area (Å²) in [6, 6.07) is 18.1. The van der Waals surface area contributed by atoms with Gasteiger partial charge in [-0.2, -0.15) is 0 Å². The van der Waals surface area contributed by atoms with Crippen molar-refractivity contribution < 1.29 is 9.18 Å². The average Bonchev–Trinajstić information content (AvgIpc) is 3.16. The SMILES string of the molecule is O=C(C=Cc1ccccc1)N1CCc2sccc2C1c1ccc(F)cc1. The van der Waals surface area contributed by atoms with Gasteiger partial charge in [-0.05, 0) is 52.8 Å². The zero-order valence-electron chi connectivity index (χ0n) is 14.1. The number of benzene rings is 2.